The average Bonchev–Trinajstić information content (AvgIpc) is 3.32. The molecule has 0 saturated heterocycles. The van der Waals surface area contributed by atoms with Gasteiger partial charge in [0.2, 0.25) is 5.91 Å². The fourth-order valence-electron chi connectivity index (χ4n) is 3.85. The van der Waals surface area contributed by atoms with E-state index in [1.165, 1.54) is 16.9 Å². The molecule has 1 aromatic carbocycles. The molecule has 2 N–H and O–H groups in total. The largest absolute Gasteiger partial charge is 0.307 e. The Balaban J connectivity index is 1.45. The summed E-state index contributed by atoms with van der Waals surface area (Å²) in [6.07, 6.45) is 1.55. The van der Waals surface area contributed by atoms with Crippen LogP contribution in [-0.4, -0.2) is 25.7 Å². The lowest BCUT2D eigenvalue weighted by atomic mass is 10.0. The predicted molar refractivity (Wildman–Crippen MR) is 125 cm³/mol. The van der Waals surface area contributed by atoms with Gasteiger partial charge in [0.15, 0.2) is 5.13 Å². The molecule has 0 aliphatic carbocycles. The Morgan fingerprint density at radius 2 is 1.97 bits per heavy atom. The Bertz CT molecular complexity index is 1310. The second-order valence-electron chi connectivity index (χ2n) is 7.63. The number of hydrogen-bond donors (Lipinski definition) is 2. The van der Waals surface area contributed by atoms with Gasteiger partial charge in [-0.15, -0.1) is 11.3 Å². The summed E-state index contributed by atoms with van der Waals surface area (Å²) in [6, 6.07) is 8.28. The summed E-state index contributed by atoms with van der Waals surface area (Å²) >= 11 is 1.40. The Labute approximate surface area is 184 Å². The van der Waals surface area contributed by atoms with Crippen molar-refractivity contribution in [3.8, 4) is 11.3 Å². The molecule has 0 atom stereocenters. The van der Waals surface area contributed by atoms with Crippen LogP contribution >= 0.6 is 11.3 Å². The van der Waals surface area contributed by atoms with Crippen LogP contribution in [0, 0.1) is 13.8 Å². The van der Waals surface area contributed by atoms with Crippen LogP contribution in [0.3, 0.4) is 0 Å². The zero-order valence-corrected chi connectivity index (χ0v) is 18.9. The van der Waals surface area contributed by atoms with Gasteiger partial charge in [0.1, 0.15) is 5.65 Å². The maximum absolute atomic E-state index is 12.6. The maximum atomic E-state index is 12.6. The number of anilines is 1. The lowest BCUT2D eigenvalue weighted by Crippen LogP contribution is -2.19. The third-order valence-corrected chi connectivity index (χ3v) is 6.32. The second-order valence-corrected chi connectivity index (χ2v) is 8.48. The molecule has 160 valence electrons. The highest BCUT2D eigenvalue weighted by atomic mass is 32.1. The maximum Gasteiger partial charge on any atom is 0.253 e. The van der Waals surface area contributed by atoms with Crippen LogP contribution in [0.2, 0.25) is 0 Å². The number of nitrogens with one attached hydrogen (secondary N) is 2. The predicted octanol–water partition coefficient (Wildman–Crippen LogP) is 4.14. The summed E-state index contributed by atoms with van der Waals surface area (Å²) in [5.41, 5.74) is 6.03. The molecular formula is C23H25N5O2S. The topological polar surface area (TPSA) is 92.7 Å². The molecule has 8 heteroatoms. The first-order valence-corrected chi connectivity index (χ1v) is 11.1. The number of H-pyrrole nitrogens is 1. The molecule has 4 aromatic rings. The van der Waals surface area contributed by atoms with Crippen LogP contribution in [0.15, 0.2) is 34.4 Å². The normalized spacial score (nSPS) is 11.2. The summed E-state index contributed by atoms with van der Waals surface area (Å²) in [5, 5.41) is 10.7. The zero-order chi connectivity index (χ0) is 22.1. The number of carbonyl (C=O) groups excluding carboxylic acids is 1. The van der Waals surface area contributed by atoms with E-state index in [0.29, 0.717) is 22.8 Å². The van der Waals surface area contributed by atoms with Crippen molar-refractivity contribution in [3.05, 3.63) is 62.4 Å². The molecule has 0 fully saturated rings. The van der Waals surface area contributed by atoms with Crippen molar-refractivity contribution < 1.29 is 4.79 Å². The molecule has 0 bridgehead atoms. The van der Waals surface area contributed by atoms with Crippen molar-refractivity contribution >= 4 is 33.4 Å². The average molecular weight is 436 g/mol. The van der Waals surface area contributed by atoms with E-state index in [4.69, 9.17) is 0 Å². The highest BCUT2D eigenvalue weighted by Crippen LogP contribution is 2.26. The highest BCUT2D eigenvalue weighted by molar-refractivity contribution is 7.14. The van der Waals surface area contributed by atoms with Crippen molar-refractivity contribution in [2.45, 2.75) is 40.0 Å². The number of aromatic nitrogens is 4. The fraction of sp³-hybridized carbons (Fsp3) is 0.304. The van der Waals surface area contributed by atoms with Crippen molar-refractivity contribution in [1.29, 1.82) is 0 Å². The summed E-state index contributed by atoms with van der Waals surface area (Å²) < 4.78 is 1.67. The van der Waals surface area contributed by atoms with Crippen molar-refractivity contribution in [2.75, 3.05) is 5.32 Å². The molecule has 0 saturated carbocycles. The van der Waals surface area contributed by atoms with Crippen LogP contribution in [-0.2, 0) is 24.7 Å². The molecule has 31 heavy (non-hydrogen) atoms. The van der Waals surface area contributed by atoms with Crippen LogP contribution in [0.25, 0.3) is 22.3 Å². The van der Waals surface area contributed by atoms with Gasteiger partial charge >= 0.3 is 0 Å². The summed E-state index contributed by atoms with van der Waals surface area (Å²) in [4.78, 5) is 32.5. The third-order valence-electron chi connectivity index (χ3n) is 5.57. The van der Waals surface area contributed by atoms with Gasteiger partial charge in [-0.1, -0.05) is 31.2 Å². The number of rotatable bonds is 6. The van der Waals surface area contributed by atoms with E-state index in [9.17, 15) is 9.59 Å². The highest BCUT2D eigenvalue weighted by Gasteiger charge is 2.16. The van der Waals surface area contributed by atoms with E-state index < -0.39 is 0 Å². The quantitative estimate of drug-likeness (QED) is 0.476. The van der Waals surface area contributed by atoms with Gasteiger partial charge in [-0.25, -0.2) is 4.98 Å². The Hall–Kier alpha value is -3.26. The minimum Gasteiger partial charge on any atom is -0.307 e. The number of hydrogen-bond acceptors (Lipinski definition) is 5. The van der Waals surface area contributed by atoms with Crippen molar-refractivity contribution in [1.82, 2.24) is 19.7 Å². The van der Waals surface area contributed by atoms with Crippen molar-refractivity contribution in [3.63, 3.8) is 0 Å². The summed E-state index contributed by atoms with van der Waals surface area (Å²) in [5.74, 6) is -0.163. The number of aryl methyl sites for hydroxylation is 4. The standard InChI is InChI=1S/C23H25N5O2S/c1-5-15-6-8-16(9-7-15)18-12-31-23(24-18)25-19(29)11-10-17-13(2)20-14(3)27-28(4)21(20)26-22(17)30/h6-9,12H,5,10-11H2,1-4H3,(H,26,30)(H,24,25,29). The molecule has 7 nitrogen and oxygen atoms in total. The molecule has 0 aliphatic heterocycles. The summed E-state index contributed by atoms with van der Waals surface area (Å²) in [7, 11) is 1.80. The van der Waals surface area contributed by atoms with Gasteiger partial charge in [0.25, 0.3) is 5.56 Å². The molecular weight excluding hydrogens is 410 g/mol. The zero-order valence-electron chi connectivity index (χ0n) is 18.1. The molecule has 1 amide bonds. The van der Waals surface area contributed by atoms with Crippen molar-refractivity contribution in [2.24, 2.45) is 7.05 Å². The van der Waals surface area contributed by atoms with Gasteiger partial charge in [0.05, 0.1) is 11.4 Å². The molecule has 0 aliphatic rings. The van der Waals surface area contributed by atoms with Crippen LogP contribution in [0.1, 0.15) is 35.7 Å². The van der Waals surface area contributed by atoms with E-state index in [2.05, 4.69) is 39.4 Å². The summed E-state index contributed by atoms with van der Waals surface area (Å²) in [6.45, 7) is 5.95. The number of fused-ring (bicyclic) bond motifs is 1. The first-order valence-electron chi connectivity index (χ1n) is 10.3. The number of nitrogens with zero attached hydrogens (tertiary/aromatic N) is 3. The minimum atomic E-state index is -0.173. The lowest BCUT2D eigenvalue weighted by molar-refractivity contribution is -0.116. The van der Waals surface area contributed by atoms with Gasteiger partial charge < -0.3 is 10.3 Å². The first-order chi connectivity index (χ1) is 14.9. The number of carbonyl (C=O) groups is 1. The van der Waals surface area contributed by atoms with Crippen LogP contribution < -0.4 is 10.9 Å². The van der Waals surface area contributed by atoms with Gasteiger partial charge in [0, 0.05) is 35.4 Å². The van der Waals surface area contributed by atoms with E-state index in [0.717, 1.165) is 34.3 Å². The van der Waals surface area contributed by atoms with E-state index in [-0.39, 0.29) is 17.9 Å². The van der Waals surface area contributed by atoms with E-state index in [1.54, 1.807) is 11.7 Å². The molecule has 0 spiro atoms. The Morgan fingerprint density at radius 1 is 1.23 bits per heavy atom. The SMILES string of the molecule is CCc1ccc(-c2csc(NC(=O)CCc3c(C)c4c(C)nn(C)c4[nH]c3=O)n2)cc1. The van der Waals surface area contributed by atoms with Gasteiger partial charge in [-0.2, -0.15) is 5.10 Å². The Kier molecular flexibility index (Phi) is 5.73. The fourth-order valence-corrected chi connectivity index (χ4v) is 4.59. The molecule has 3 aromatic heterocycles. The van der Waals surface area contributed by atoms with E-state index in [1.807, 2.05) is 31.4 Å². The smallest absolute Gasteiger partial charge is 0.253 e. The monoisotopic (exact) mass is 435 g/mol. The molecule has 0 radical (unpaired) electrons. The Morgan fingerprint density at radius 3 is 2.68 bits per heavy atom. The molecule has 3 heterocycles. The van der Waals surface area contributed by atoms with Crippen LogP contribution in [0.5, 0.6) is 0 Å². The van der Waals surface area contributed by atoms with E-state index >= 15 is 0 Å². The minimum absolute atomic E-state index is 0.163. The first kappa shape index (κ1) is 21.0. The third kappa shape index (κ3) is 4.16. The lowest BCUT2D eigenvalue weighted by Gasteiger charge is -2.07. The number of benzene rings is 1. The van der Waals surface area contributed by atoms with Crippen LogP contribution in [0.4, 0.5) is 5.13 Å². The molecule has 0 unspecified atom stereocenters. The molecule has 4 rings (SSSR count). The number of amides is 1. The second kappa shape index (κ2) is 8.47. The van der Waals surface area contributed by atoms with Gasteiger partial charge in [-0.05, 0) is 37.8 Å². The number of thiazole rings is 1. The number of aromatic amines is 1. The number of pyridine rings is 1. The van der Waals surface area contributed by atoms with Gasteiger partial charge in [-0.3, -0.25) is 14.3 Å².